The Morgan fingerprint density at radius 3 is 2.53 bits per heavy atom. The summed E-state index contributed by atoms with van der Waals surface area (Å²) in [4.78, 5) is 22.7. The van der Waals surface area contributed by atoms with Gasteiger partial charge in [-0.05, 0) is 24.6 Å². The number of hydrogen-bond acceptors (Lipinski definition) is 5. The number of nitro benzene ring substituents is 1. The highest BCUT2D eigenvalue weighted by atomic mass is 16.6. The van der Waals surface area contributed by atoms with Gasteiger partial charge >= 0.3 is 0 Å². The minimum absolute atomic E-state index is 0.0912. The van der Waals surface area contributed by atoms with Crippen LogP contribution in [0.1, 0.15) is 22.3 Å². The molecule has 0 heterocycles. The molecule has 0 fully saturated rings. The molecule has 3 aromatic carbocycles. The zero-order valence-corrected chi connectivity index (χ0v) is 16.4. The summed E-state index contributed by atoms with van der Waals surface area (Å²) in [6, 6.07) is 21.5. The number of aryl methyl sites for hydroxylation is 1. The fourth-order valence-electron chi connectivity index (χ4n) is 2.79. The second-order valence-electron chi connectivity index (χ2n) is 6.67. The topological polar surface area (TPSA) is 93.8 Å². The molecule has 7 nitrogen and oxygen atoms in total. The summed E-state index contributed by atoms with van der Waals surface area (Å²) < 4.78 is 5.88. The molecular weight excluding hydrogens is 382 g/mol. The van der Waals surface area contributed by atoms with Crippen LogP contribution in [0.3, 0.4) is 0 Å². The average Bonchev–Trinajstić information content (AvgIpc) is 2.74. The molecule has 7 heteroatoms. The van der Waals surface area contributed by atoms with E-state index in [-0.39, 0.29) is 12.1 Å². The summed E-state index contributed by atoms with van der Waals surface area (Å²) in [5.41, 5.74) is 5.58. The summed E-state index contributed by atoms with van der Waals surface area (Å²) in [7, 11) is 0. The van der Waals surface area contributed by atoms with Gasteiger partial charge in [0, 0.05) is 17.2 Å². The van der Waals surface area contributed by atoms with Gasteiger partial charge in [-0.15, -0.1) is 0 Å². The average molecular weight is 403 g/mol. The van der Waals surface area contributed by atoms with Crippen LogP contribution in [0.4, 0.5) is 5.69 Å². The Bertz CT molecular complexity index is 1060. The van der Waals surface area contributed by atoms with Gasteiger partial charge in [0.2, 0.25) is 5.91 Å². The lowest BCUT2D eigenvalue weighted by atomic mass is 10.1. The smallest absolute Gasteiger partial charge is 0.273 e. The summed E-state index contributed by atoms with van der Waals surface area (Å²) in [5, 5.41) is 15.0. The number of benzene rings is 3. The maximum Gasteiger partial charge on any atom is 0.273 e. The van der Waals surface area contributed by atoms with Crippen LogP contribution in [0, 0.1) is 17.0 Å². The lowest BCUT2D eigenvalue weighted by Gasteiger charge is -2.09. The Labute approximate surface area is 174 Å². The van der Waals surface area contributed by atoms with Crippen molar-refractivity contribution >= 4 is 17.8 Å². The van der Waals surface area contributed by atoms with Crippen molar-refractivity contribution in [1.29, 1.82) is 0 Å². The molecular formula is C23H21N3O4. The number of nitro groups is 1. The summed E-state index contributed by atoms with van der Waals surface area (Å²) in [6.45, 7) is 2.44. The maximum absolute atomic E-state index is 12.1. The van der Waals surface area contributed by atoms with Crippen LogP contribution in [-0.2, 0) is 17.8 Å². The van der Waals surface area contributed by atoms with Crippen molar-refractivity contribution in [3.05, 3.63) is 105 Å². The van der Waals surface area contributed by atoms with Crippen LogP contribution >= 0.6 is 0 Å². The molecule has 0 atom stereocenters. The van der Waals surface area contributed by atoms with E-state index in [1.165, 1.54) is 17.8 Å². The first kappa shape index (κ1) is 20.7. The standard InChI is InChI=1S/C23H21N3O4/c1-17-10-12-18(13-11-17)16-30-22-9-5-3-7-20(22)15-24-25-23(27)14-19-6-2-4-8-21(19)26(28)29/h2-13,15H,14,16H2,1H3,(H,25,27)/b24-15+. The summed E-state index contributed by atoms with van der Waals surface area (Å²) in [6.07, 6.45) is 1.35. The van der Waals surface area contributed by atoms with Crippen LogP contribution in [0.2, 0.25) is 0 Å². The minimum Gasteiger partial charge on any atom is -0.488 e. The zero-order chi connectivity index (χ0) is 21.3. The van der Waals surface area contributed by atoms with Gasteiger partial charge in [-0.25, -0.2) is 5.43 Å². The number of rotatable bonds is 8. The number of carbonyl (C=O) groups is 1. The molecule has 0 unspecified atom stereocenters. The number of nitrogens with one attached hydrogen (secondary N) is 1. The normalized spacial score (nSPS) is 10.7. The Kier molecular flexibility index (Phi) is 6.89. The van der Waals surface area contributed by atoms with Crippen molar-refractivity contribution in [2.24, 2.45) is 5.10 Å². The molecule has 0 aromatic heterocycles. The van der Waals surface area contributed by atoms with Gasteiger partial charge in [-0.3, -0.25) is 14.9 Å². The van der Waals surface area contributed by atoms with Crippen LogP contribution in [-0.4, -0.2) is 17.0 Å². The predicted octanol–water partition coefficient (Wildman–Crippen LogP) is 4.18. The van der Waals surface area contributed by atoms with Gasteiger partial charge < -0.3 is 4.74 Å². The van der Waals surface area contributed by atoms with Crippen molar-refractivity contribution in [2.75, 3.05) is 0 Å². The molecule has 1 amide bonds. The maximum atomic E-state index is 12.1. The van der Waals surface area contributed by atoms with Gasteiger partial charge in [0.15, 0.2) is 0 Å². The minimum atomic E-state index is -0.506. The Morgan fingerprint density at radius 2 is 1.77 bits per heavy atom. The summed E-state index contributed by atoms with van der Waals surface area (Å²) >= 11 is 0. The molecule has 152 valence electrons. The molecule has 3 aromatic rings. The molecule has 1 N–H and O–H groups in total. The highest BCUT2D eigenvalue weighted by Crippen LogP contribution is 2.19. The third-order valence-corrected chi connectivity index (χ3v) is 4.37. The number of hydrogen-bond donors (Lipinski definition) is 1. The van der Waals surface area contributed by atoms with E-state index in [4.69, 9.17) is 4.74 Å². The molecule has 0 saturated carbocycles. The van der Waals surface area contributed by atoms with E-state index in [1.54, 1.807) is 18.2 Å². The Balaban J connectivity index is 1.60. The molecule has 3 rings (SSSR count). The number of carbonyl (C=O) groups excluding carboxylic acids is 1. The molecule has 30 heavy (non-hydrogen) atoms. The number of hydrazone groups is 1. The van der Waals surface area contributed by atoms with Gasteiger partial charge in [0.05, 0.1) is 17.6 Å². The van der Waals surface area contributed by atoms with Crippen molar-refractivity contribution < 1.29 is 14.5 Å². The lowest BCUT2D eigenvalue weighted by molar-refractivity contribution is -0.385. The highest BCUT2D eigenvalue weighted by Gasteiger charge is 2.15. The SMILES string of the molecule is Cc1ccc(COc2ccccc2/C=N/NC(=O)Cc2ccccc2[N+](=O)[O-])cc1. The Hall–Kier alpha value is -4.00. The molecule has 0 radical (unpaired) electrons. The molecule has 0 aliphatic heterocycles. The molecule has 0 aliphatic rings. The van der Waals surface area contributed by atoms with Crippen LogP contribution in [0.15, 0.2) is 77.9 Å². The second-order valence-corrected chi connectivity index (χ2v) is 6.67. The van der Waals surface area contributed by atoms with Crippen molar-refractivity contribution in [3.63, 3.8) is 0 Å². The molecule has 0 spiro atoms. The van der Waals surface area contributed by atoms with E-state index in [2.05, 4.69) is 10.5 Å². The van der Waals surface area contributed by atoms with E-state index in [0.29, 0.717) is 23.5 Å². The van der Waals surface area contributed by atoms with Crippen LogP contribution in [0.5, 0.6) is 5.75 Å². The van der Waals surface area contributed by atoms with Crippen LogP contribution < -0.4 is 10.2 Å². The lowest BCUT2D eigenvalue weighted by Crippen LogP contribution is -2.20. The first-order chi connectivity index (χ1) is 14.5. The van der Waals surface area contributed by atoms with Gasteiger partial charge in [-0.2, -0.15) is 5.10 Å². The van der Waals surface area contributed by atoms with Crippen LogP contribution in [0.25, 0.3) is 0 Å². The zero-order valence-electron chi connectivity index (χ0n) is 16.4. The van der Waals surface area contributed by atoms with Gasteiger partial charge in [0.25, 0.3) is 5.69 Å². The first-order valence-electron chi connectivity index (χ1n) is 9.34. The number of amides is 1. The van der Waals surface area contributed by atoms with Crippen molar-refractivity contribution in [2.45, 2.75) is 20.0 Å². The van der Waals surface area contributed by atoms with E-state index in [9.17, 15) is 14.9 Å². The second kappa shape index (κ2) is 9.97. The monoisotopic (exact) mass is 403 g/mol. The van der Waals surface area contributed by atoms with E-state index < -0.39 is 10.8 Å². The van der Waals surface area contributed by atoms with Crippen molar-refractivity contribution in [1.82, 2.24) is 5.43 Å². The summed E-state index contributed by atoms with van der Waals surface area (Å²) in [5.74, 6) is 0.188. The highest BCUT2D eigenvalue weighted by molar-refractivity contribution is 5.86. The fourth-order valence-corrected chi connectivity index (χ4v) is 2.79. The Morgan fingerprint density at radius 1 is 1.07 bits per heavy atom. The van der Waals surface area contributed by atoms with E-state index >= 15 is 0 Å². The third kappa shape index (κ3) is 5.75. The van der Waals surface area contributed by atoms with E-state index in [1.807, 2.05) is 55.5 Å². The number of nitrogens with zero attached hydrogens (tertiary/aromatic N) is 2. The predicted molar refractivity (Wildman–Crippen MR) is 114 cm³/mol. The van der Waals surface area contributed by atoms with Crippen molar-refractivity contribution in [3.8, 4) is 5.75 Å². The molecule has 0 bridgehead atoms. The molecule has 0 aliphatic carbocycles. The largest absolute Gasteiger partial charge is 0.488 e. The molecule has 0 saturated heterocycles. The number of para-hydroxylation sites is 2. The number of ether oxygens (including phenoxy) is 1. The fraction of sp³-hybridized carbons (Fsp3) is 0.130. The van der Waals surface area contributed by atoms with Gasteiger partial charge in [0.1, 0.15) is 12.4 Å². The van der Waals surface area contributed by atoms with E-state index in [0.717, 1.165) is 5.56 Å². The first-order valence-corrected chi connectivity index (χ1v) is 9.34. The quantitative estimate of drug-likeness (QED) is 0.347. The third-order valence-electron chi connectivity index (χ3n) is 4.37. The van der Waals surface area contributed by atoms with Gasteiger partial charge in [-0.1, -0.05) is 60.2 Å².